The van der Waals surface area contributed by atoms with E-state index in [1.54, 1.807) is 19.4 Å². The van der Waals surface area contributed by atoms with Crippen molar-refractivity contribution in [2.24, 2.45) is 10.7 Å². The average molecular weight is 339 g/mol. The maximum absolute atomic E-state index is 9.47. The van der Waals surface area contributed by atoms with Gasteiger partial charge in [0.05, 0.1) is 24.6 Å². The number of rotatable bonds is 4. The molecule has 1 aliphatic rings. The van der Waals surface area contributed by atoms with Crippen LogP contribution in [0.15, 0.2) is 40.2 Å². The van der Waals surface area contributed by atoms with E-state index in [1.807, 2.05) is 12.1 Å². The highest BCUT2D eigenvalue weighted by atomic mass is 16.5. The van der Waals surface area contributed by atoms with Gasteiger partial charge in [0.2, 0.25) is 5.96 Å². The van der Waals surface area contributed by atoms with Crippen LogP contribution in [0, 0.1) is 11.5 Å². The number of nitrogens with zero attached hydrogens (tertiary/aromatic N) is 4. The summed E-state index contributed by atoms with van der Waals surface area (Å²) in [6, 6.07) is 5.55. The van der Waals surface area contributed by atoms with E-state index in [4.69, 9.17) is 14.9 Å². The van der Waals surface area contributed by atoms with Crippen LogP contribution in [-0.4, -0.2) is 29.0 Å². The standard InChI is InChI=1S/C18H21N5O2/c1-24-16-9-13(7-8-15(16)17-10-21-12-25-17)22-18(20)23(11-19)14-5-3-2-4-6-14/h7-10,12,14H,2-6H2,1H3,(H2,20,22). The molecule has 1 aromatic heterocycles. The first-order chi connectivity index (χ1) is 12.2. The van der Waals surface area contributed by atoms with E-state index >= 15 is 0 Å². The third kappa shape index (κ3) is 3.74. The van der Waals surface area contributed by atoms with Gasteiger partial charge in [-0.2, -0.15) is 5.26 Å². The van der Waals surface area contributed by atoms with Crippen LogP contribution in [0.5, 0.6) is 5.75 Å². The summed E-state index contributed by atoms with van der Waals surface area (Å²) < 4.78 is 10.7. The molecule has 0 spiro atoms. The van der Waals surface area contributed by atoms with E-state index in [2.05, 4.69) is 16.2 Å². The number of benzene rings is 1. The third-order valence-electron chi connectivity index (χ3n) is 4.42. The van der Waals surface area contributed by atoms with Crippen LogP contribution in [0.2, 0.25) is 0 Å². The van der Waals surface area contributed by atoms with Crippen LogP contribution in [-0.2, 0) is 0 Å². The van der Waals surface area contributed by atoms with Gasteiger partial charge in [0.1, 0.15) is 5.75 Å². The molecule has 0 atom stereocenters. The highest BCUT2D eigenvalue weighted by Gasteiger charge is 2.23. The first-order valence-electron chi connectivity index (χ1n) is 8.33. The smallest absolute Gasteiger partial charge is 0.210 e. The summed E-state index contributed by atoms with van der Waals surface area (Å²) in [6.07, 6.45) is 10.6. The first-order valence-corrected chi connectivity index (χ1v) is 8.33. The van der Waals surface area contributed by atoms with Crippen molar-refractivity contribution in [2.45, 2.75) is 38.1 Å². The van der Waals surface area contributed by atoms with E-state index in [-0.39, 0.29) is 12.0 Å². The predicted molar refractivity (Wildman–Crippen MR) is 94.1 cm³/mol. The Morgan fingerprint density at radius 2 is 2.20 bits per heavy atom. The average Bonchev–Trinajstić information content (AvgIpc) is 3.17. The van der Waals surface area contributed by atoms with Crippen LogP contribution < -0.4 is 10.5 Å². The van der Waals surface area contributed by atoms with Crippen molar-refractivity contribution in [1.29, 1.82) is 5.26 Å². The molecule has 3 rings (SSSR count). The minimum Gasteiger partial charge on any atom is -0.496 e. The molecule has 7 nitrogen and oxygen atoms in total. The first kappa shape index (κ1) is 16.8. The fourth-order valence-electron chi connectivity index (χ4n) is 3.15. The maximum atomic E-state index is 9.47. The van der Waals surface area contributed by atoms with Crippen LogP contribution in [0.3, 0.4) is 0 Å². The topological polar surface area (TPSA) is 101 Å². The van der Waals surface area contributed by atoms with E-state index in [0.717, 1.165) is 31.2 Å². The number of nitrogens with two attached hydrogens (primary N) is 1. The highest BCUT2D eigenvalue weighted by Crippen LogP contribution is 2.33. The summed E-state index contributed by atoms with van der Waals surface area (Å²) in [5, 5.41) is 9.47. The molecule has 1 aromatic carbocycles. The summed E-state index contributed by atoms with van der Waals surface area (Å²) in [6.45, 7) is 0. The molecule has 0 saturated heterocycles. The third-order valence-corrected chi connectivity index (χ3v) is 4.42. The van der Waals surface area contributed by atoms with Crippen molar-refractivity contribution in [3.8, 4) is 23.3 Å². The Bertz CT molecular complexity index is 773. The molecule has 1 saturated carbocycles. The summed E-state index contributed by atoms with van der Waals surface area (Å²) in [4.78, 5) is 9.85. The molecular weight excluding hydrogens is 318 g/mol. The van der Waals surface area contributed by atoms with Crippen LogP contribution in [0.1, 0.15) is 32.1 Å². The molecule has 1 heterocycles. The van der Waals surface area contributed by atoms with E-state index in [1.165, 1.54) is 17.7 Å². The molecule has 0 unspecified atom stereocenters. The molecule has 130 valence electrons. The van der Waals surface area contributed by atoms with Gasteiger partial charge < -0.3 is 14.9 Å². The number of hydrogen-bond donors (Lipinski definition) is 1. The zero-order valence-corrected chi connectivity index (χ0v) is 14.2. The van der Waals surface area contributed by atoms with Crippen molar-refractivity contribution in [3.05, 3.63) is 30.8 Å². The van der Waals surface area contributed by atoms with Crippen molar-refractivity contribution in [1.82, 2.24) is 9.88 Å². The lowest BCUT2D eigenvalue weighted by Crippen LogP contribution is -2.42. The monoisotopic (exact) mass is 339 g/mol. The van der Waals surface area contributed by atoms with Crippen molar-refractivity contribution in [2.75, 3.05) is 7.11 Å². The number of aromatic nitrogens is 1. The molecule has 1 aliphatic carbocycles. The minimum atomic E-state index is 0.137. The van der Waals surface area contributed by atoms with Crippen LogP contribution in [0.25, 0.3) is 11.3 Å². The summed E-state index contributed by atoms with van der Waals surface area (Å²) in [5.74, 6) is 1.43. The highest BCUT2D eigenvalue weighted by molar-refractivity contribution is 5.83. The Morgan fingerprint density at radius 1 is 1.40 bits per heavy atom. The summed E-state index contributed by atoms with van der Waals surface area (Å²) in [7, 11) is 1.58. The van der Waals surface area contributed by atoms with Crippen molar-refractivity contribution < 1.29 is 9.15 Å². The Kier molecular flexibility index (Phi) is 5.19. The lowest BCUT2D eigenvalue weighted by Gasteiger charge is -2.28. The number of hydrogen-bond acceptors (Lipinski definition) is 5. The summed E-state index contributed by atoms with van der Waals surface area (Å²) in [5.41, 5.74) is 7.50. The zero-order valence-electron chi connectivity index (χ0n) is 14.2. The van der Waals surface area contributed by atoms with Crippen LogP contribution >= 0.6 is 0 Å². The normalized spacial score (nSPS) is 15.6. The largest absolute Gasteiger partial charge is 0.496 e. The number of nitriles is 1. The van der Waals surface area contributed by atoms with E-state index < -0.39 is 0 Å². The lowest BCUT2D eigenvalue weighted by atomic mass is 9.95. The number of aliphatic imine (C=N–C) groups is 1. The van der Waals surface area contributed by atoms with Gasteiger partial charge in [-0.05, 0) is 25.0 Å². The molecule has 0 radical (unpaired) electrons. The van der Waals surface area contributed by atoms with Gasteiger partial charge >= 0.3 is 0 Å². The number of ether oxygens (including phenoxy) is 1. The van der Waals surface area contributed by atoms with Gasteiger partial charge in [-0.1, -0.05) is 19.3 Å². The molecule has 7 heteroatoms. The zero-order chi connectivity index (χ0) is 17.6. The predicted octanol–water partition coefficient (Wildman–Crippen LogP) is 3.41. The quantitative estimate of drug-likeness (QED) is 0.396. The second-order valence-corrected chi connectivity index (χ2v) is 5.98. The molecule has 0 amide bonds. The second kappa shape index (κ2) is 7.71. The molecule has 2 aromatic rings. The molecular formula is C18H21N5O2. The lowest BCUT2D eigenvalue weighted by molar-refractivity contribution is 0.306. The Balaban J connectivity index is 1.85. The van der Waals surface area contributed by atoms with Gasteiger partial charge in [-0.15, -0.1) is 0 Å². The molecule has 1 fully saturated rings. The van der Waals surface area contributed by atoms with E-state index in [0.29, 0.717) is 17.2 Å². The minimum absolute atomic E-state index is 0.137. The van der Waals surface area contributed by atoms with Crippen molar-refractivity contribution in [3.63, 3.8) is 0 Å². The fourth-order valence-corrected chi connectivity index (χ4v) is 3.15. The van der Waals surface area contributed by atoms with Gasteiger partial charge in [0.15, 0.2) is 18.3 Å². The second-order valence-electron chi connectivity index (χ2n) is 5.98. The van der Waals surface area contributed by atoms with E-state index in [9.17, 15) is 5.26 Å². The number of oxazole rings is 1. The summed E-state index contributed by atoms with van der Waals surface area (Å²) >= 11 is 0. The van der Waals surface area contributed by atoms with Crippen LogP contribution in [0.4, 0.5) is 5.69 Å². The van der Waals surface area contributed by atoms with Crippen molar-refractivity contribution >= 4 is 11.6 Å². The molecule has 0 aliphatic heterocycles. The Morgan fingerprint density at radius 3 is 2.84 bits per heavy atom. The number of guanidine groups is 1. The number of methoxy groups -OCH3 is 1. The van der Waals surface area contributed by atoms with Gasteiger partial charge in [-0.3, -0.25) is 0 Å². The van der Waals surface area contributed by atoms with Gasteiger partial charge in [0, 0.05) is 12.1 Å². The SMILES string of the molecule is COc1cc(N=C(N)N(C#N)C2CCCCC2)ccc1-c1cnco1. The Labute approximate surface area is 146 Å². The maximum Gasteiger partial charge on any atom is 0.210 e. The molecule has 2 N–H and O–H groups in total. The van der Waals surface area contributed by atoms with Gasteiger partial charge in [-0.25, -0.2) is 14.9 Å². The molecule has 0 bridgehead atoms. The molecule has 25 heavy (non-hydrogen) atoms. The fraction of sp³-hybridized carbons (Fsp3) is 0.389. The van der Waals surface area contributed by atoms with Gasteiger partial charge in [0.25, 0.3) is 0 Å². The Hall–Kier alpha value is -3.01.